The number of aliphatic hydroxyl groups excluding tert-OH is 1. The van der Waals surface area contributed by atoms with Crippen LogP contribution in [0.15, 0.2) is 53.9 Å². The average Bonchev–Trinajstić information content (AvgIpc) is 3.68. The molecular weight excluding hydrogens is 622 g/mol. The minimum atomic E-state index is -3.08. The molecule has 0 saturated carbocycles. The van der Waals surface area contributed by atoms with Gasteiger partial charge in [-0.15, -0.1) is 11.8 Å². The predicted molar refractivity (Wildman–Crippen MR) is 165 cm³/mol. The normalized spacial score (nSPS) is 17.9. The third kappa shape index (κ3) is 6.99. The summed E-state index contributed by atoms with van der Waals surface area (Å²) in [6.45, 7) is -0.0692. The Hall–Kier alpha value is -4.12. The number of thioether (sulfide) groups is 1. The second-order valence-electron chi connectivity index (χ2n) is 11.0. The second kappa shape index (κ2) is 14.1. The third-order valence-corrected chi connectivity index (χ3v) is 8.92. The molecule has 2 aliphatic rings. The fourth-order valence-corrected chi connectivity index (χ4v) is 6.33. The number of piperidine rings is 1. The lowest BCUT2D eigenvalue weighted by molar-refractivity contribution is -0.134. The summed E-state index contributed by atoms with van der Waals surface area (Å²) in [6, 6.07) is 6.72. The second-order valence-corrected chi connectivity index (χ2v) is 11.9. The van der Waals surface area contributed by atoms with Crippen LogP contribution in [0.25, 0.3) is 16.9 Å². The topological polar surface area (TPSA) is 139 Å². The molecule has 0 bridgehead atoms. The van der Waals surface area contributed by atoms with E-state index in [0.29, 0.717) is 37.9 Å². The maximum absolute atomic E-state index is 13.4. The zero-order valence-electron chi connectivity index (χ0n) is 25.1. The molecule has 13 nitrogen and oxygen atoms in total. The van der Waals surface area contributed by atoms with E-state index in [1.54, 1.807) is 35.5 Å². The van der Waals surface area contributed by atoms with Crippen LogP contribution in [0.1, 0.15) is 23.2 Å². The Balaban J connectivity index is 1.24. The van der Waals surface area contributed by atoms with Gasteiger partial charge in [0, 0.05) is 61.3 Å². The molecule has 3 aromatic heterocycles. The molecule has 16 heteroatoms. The summed E-state index contributed by atoms with van der Waals surface area (Å²) in [6.07, 6.45) is 9.33. The highest BCUT2D eigenvalue weighted by atomic mass is 32.2. The molecule has 2 fully saturated rings. The van der Waals surface area contributed by atoms with Crippen molar-refractivity contribution in [2.75, 3.05) is 51.0 Å². The van der Waals surface area contributed by atoms with E-state index in [2.05, 4.69) is 25.4 Å². The maximum atomic E-state index is 13.4. The summed E-state index contributed by atoms with van der Waals surface area (Å²) in [5, 5.41) is 21.1. The van der Waals surface area contributed by atoms with Crippen LogP contribution in [0, 0.1) is 0 Å². The van der Waals surface area contributed by atoms with Gasteiger partial charge in [0.15, 0.2) is 5.65 Å². The van der Waals surface area contributed by atoms with Crippen molar-refractivity contribution >= 4 is 34.9 Å². The van der Waals surface area contributed by atoms with Crippen LogP contribution in [-0.2, 0) is 16.1 Å². The van der Waals surface area contributed by atoms with Gasteiger partial charge in [0.25, 0.3) is 5.91 Å². The van der Waals surface area contributed by atoms with Crippen molar-refractivity contribution in [3.05, 3.63) is 54.6 Å². The number of aliphatic hydroxyl groups is 1. The number of rotatable bonds is 10. The minimum Gasteiger partial charge on any atom is -0.434 e. The van der Waals surface area contributed by atoms with Gasteiger partial charge in [-0.3, -0.25) is 19.2 Å². The molecule has 46 heavy (non-hydrogen) atoms. The number of fused-ring (bicyclic) bond motifs is 1. The summed E-state index contributed by atoms with van der Waals surface area (Å²) < 4.78 is 40.1. The number of halogens is 2. The van der Waals surface area contributed by atoms with E-state index in [1.807, 2.05) is 6.26 Å². The number of aromatic nitrogens is 5. The van der Waals surface area contributed by atoms with Gasteiger partial charge in [0.1, 0.15) is 23.6 Å². The standard InChI is InChI=1S/C30H34F2N8O5S/c1-46-21-3-4-25(45-30(31)32)22(13-21)27-24(35-29(43)23-14-34-40-8-2-7-33-28(23)40)16-39(36-27)17-26(42)37-9-5-19(6-10-37)38-11-12-44-20(15-38)18-41/h2-4,7-8,13-14,16,19-20,30,41H,5-6,9-12,15,17-18H2,1H3,(H,35,43)/t20-/m0/s1. The van der Waals surface area contributed by atoms with Gasteiger partial charge < -0.3 is 24.8 Å². The molecule has 1 atom stereocenters. The predicted octanol–water partition coefficient (Wildman–Crippen LogP) is 2.85. The molecule has 0 aliphatic carbocycles. The molecule has 2 aliphatic heterocycles. The average molecular weight is 657 g/mol. The van der Waals surface area contributed by atoms with E-state index in [0.717, 1.165) is 24.3 Å². The van der Waals surface area contributed by atoms with Gasteiger partial charge in [-0.1, -0.05) is 0 Å². The molecule has 0 radical (unpaired) electrons. The van der Waals surface area contributed by atoms with Crippen molar-refractivity contribution < 1.29 is 33.0 Å². The summed E-state index contributed by atoms with van der Waals surface area (Å²) in [5.74, 6) is -0.813. The first-order valence-corrected chi connectivity index (χ1v) is 16.1. The highest BCUT2D eigenvalue weighted by Crippen LogP contribution is 2.38. The van der Waals surface area contributed by atoms with Crippen LogP contribution in [0.3, 0.4) is 0 Å². The number of morpholine rings is 1. The van der Waals surface area contributed by atoms with Gasteiger partial charge in [-0.2, -0.15) is 19.0 Å². The maximum Gasteiger partial charge on any atom is 0.387 e. The first-order chi connectivity index (χ1) is 22.3. The van der Waals surface area contributed by atoms with Gasteiger partial charge in [-0.05, 0) is 43.4 Å². The lowest BCUT2D eigenvalue weighted by Gasteiger charge is -2.42. The van der Waals surface area contributed by atoms with Crippen molar-refractivity contribution in [1.82, 2.24) is 34.2 Å². The Bertz CT molecular complexity index is 1690. The molecule has 244 valence electrons. The van der Waals surface area contributed by atoms with Gasteiger partial charge in [0.05, 0.1) is 31.2 Å². The Morgan fingerprint density at radius 2 is 2.07 bits per heavy atom. The Labute approximate surface area is 267 Å². The van der Waals surface area contributed by atoms with Crippen LogP contribution in [0.2, 0.25) is 0 Å². The quantitative estimate of drug-likeness (QED) is 0.245. The Morgan fingerprint density at radius 1 is 1.24 bits per heavy atom. The van der Waals surface area contributed by atoms with E-state index in [1.165, 1.54) is 39.4 Å². The summed E-state index contributed by atoms with van der Waals surface area (Å²) in [7, 11) is 0. The molecule has 6 rings (SSSR count). The molecule has 5 heterocycles. The number of carbonyl (C=O) groups excluding carboxylic acids is 2. The lowest BCUT2D eigenvalue weighted by atomic mass is 10.0. The van der Waals surface area contributed by atoms with Crippen molar-refractivity contribution in [2.45, 2.75) is 43.0 Å². The Morgan fingerprint density at radius 3 is 2.83 bits per heavy atom. The van der Waals surface area contributed by atoms with E-state index in [-0.39, 0.29) is 53.4 Å². The highest BCUT2D eigenvalue weighted by Gasteiger charge is 2.31. The fraction of sp³-hybridized carbons (Fsp3) is 0.433. The molecule has 0 spiro atoms. The smallest absolute Gasteiger partial charge is 0.387 e. The van der Waals surface area contributed by atoms with Crippen LogP contribution < -0.4 is 10.1 Å². The zero-order valence-corrected chi connectivity index (χ0v) is 25.9. The number of hydrogen-bond acceptors (Lipinski definition) is 10. The van der Waals surface area contributed by atoms with E-state index in [9.17, 15) is 23.5 Å². The minimum absolute atomic E-state index is 0.0183. The van der Waals surface area contributed by atoms with Gasteiger partial charge in [0.2, 0.25) is 5.91 Å². The van der Waals surface area contributed by atoms with Crippen molar-refractivity contribution in [1.29, 1.82) is 0 Å². The van der Waals surface area contributed by atoms with Gasteiger partial charge in [-0.25, -0.2) is 9.50 Å². The number of alkyl halides is 2. The molecule has 1 aromatic carbocycles. The molecular formula is C30H34F2N8O5S. The van der Waals surface area contributed by atoms with Crippen LogP contribution in [0.5, 0.6) is 5.75 Å². The number of likely N-dealkylation sites (tertiary alicyclic amines) is 1. The van der Waals surface area contributed by atoms with Crippen molar-refractivity contribution in [3.8, 4) is 17.0 Å². The highest BCUT2D eigenvalue weighted by molar-refractivity contribution is 7.98. The number of nitrogens with zero attached hydrogens (tertiary/aromatic N) is 7. The van der Waals surface area contributed by atoms with E-state index < -0.39 is 12.5 Å². The summed E-state index contributed by atoms with van der Waals surface area (Å²) >= 11 is 1.40. The summed E-state index contributed by atoms with van der Waals surface area (Å²) in [4.78, 5) is 36.0. The first-order valence-electron chi connectivity index (χ1n) is 14.9. The lowest BCUT2D eigenvalue weighted by Crippen LogP contribution is -2.53. The van der Waals surface area contributed by atoms with E-state index in [4.69, 9.17) is 9.47 Å². The largest absolute Gasteiger partial charge is 0.434 e. The number of hydrogen-bond donors (Lipinski definition) is 2. The first kappa shape index (κ1) is 31.8. The number of amides is 2. The van der Waals surface area contributed by atoms with Crippen LogP contribution in [0.4, 0.5) is 14.5 Å². The molecule has 2 N–H and O–H groups in total. The number of benzene rings is 1. The number of carbonyl (C=O) groups is 2. The van der Waals surface area contributed by atoms with E-state index >= 15 is 0 Å². The monoisotopic (exact) mass is 656 g/mol. The van der Waals surface area contributed by atoms with Crippen LogP contribution in [-0.4, -0.2) is 116 Å². The van der Waals surface area contributed by atoms with Crippen molar-refractivity contribution in [2.24, 2.45) is 0 Å². The molecule has 2 amide bonds. The van der Waals surface area contributed by atoms with Gasteiger partial charge >= 0.3 is 6.61 Å². The molecule has 4 aromatic rings. The number of nitrogens with one attached hydrogen (secondary N) is 1. The molecule has 2 saturated heterocycles. The Kier molecular flexibility index (Phi) is 9.77. The van der Waals surface area contributed by atoms with Crippen LogP contribution >= 0.6 is 11.8 Å². The fourth-order valence-electron chi connectivity index (χ4n) is 5.89. The van der Waals surface area contributed by atoms with Crippen molar-refractivity contribution in [3.63, 3.8) is 0 Å². The molecule has 0 unspecified atom stereocenters. The third-order valence-electron chi connectivity index (χ3n) is 8.20. The number of ether oxygens (including phenoxy) is 2. The number of anilines is 1. The zero-order chi connectivity index (χ0) is 32.2. The summed E-state index contributed by atoms with van der Waals surface area (Å²) in [5.41, 5.74) is 1.14. The SMILES string of the molecule is CSc1ccc(OC(F)F)c(-c2nn(CC(=O)N3CCC(N4CCO[C@H](CO)C4)CC3)cc2NC(=O)c2cnn3cccnc23)c1.